The van der Waals surface area contributed by atoms with Crippen LogP contribution in [0, 0.1) is 0 Å². The third-order valence-corrected chi connectivity index (χ3v) is 4.91. The molecule has 0 aliphatic heterocycles. The number of thiophene rings is 1. The lowest BCUT2D eigenvalue weighted by Crippen LogP contribution is -2.32. The van der Waals surface area contributed by atoms with Crippen molar-refractivity contribution in [3.8, 4) is 0 Å². The first-order valence-corrected chi connectivity index (χ1v) is 7.40. The van der Waals surface area contributed by atoms with Gasteiger partial charge in [-0.1, -0.05) is 0 Å². The lowest BCUT2D eigenvalue weighted by molar-refractivity contribution is 0.377. The Morgan fingerprint density at radius 1 is 1.33 bits per heavy atom. The van der Waals surface area contributed by atoms with Crippen molar-refractivity contribution >= 4 is 38.9 Å². The van der Waals surface area contributed by atoms with Crippen molar-refractivity contribution in [3.63, 3.8) is 0 Å². The maximum Gasteiger partial charge on any atom is 0.0701 e. The van der Waals surface area contributed by atoms with Crippen LogP contribution < -0.4 is 5.32 Å². The van der Waals surface area contributed by atoms with Crippen LogP contribution in [0.15, 0.2) is 15.9 Å². The van der Waals surface area contributed by atoms with E-state index >= 15 is 0 Å². The Bertz CT molecular complexity index is 307. The summed E-state index contributed by atoms with van der Waals surface area (Å²) in [6.45, 7) is 0.994. The van der Waals surface area contributed by atoms with Gasteiger partial charge in [-0.25, -0.2) is 0 Å². The summed E-state index contributed by atoms with van der Waals surface area (Å²) in [7, 11) is 0. The Morgan fingerprint density at radius 3 is 2.67 bits per heavy atom. The van der Waals surface area contributed by atoms with Crippen molar-refractivity contribution in [2.24, 2.45) is 0 Å². The summed E-state index contributed by atoms with van der Waals surface area (Å²) in [6.07, 6.45) is 4.77. The largest absolute Gasteiger partial charge is 0.309 e. The van der Waals surface area contributed by atoms with Crippen LogP contribution in [0.4, 0.5) is 0 Å². The molecule has 1 aliphatic carbocycles. The van der Waals surface area contributed by atoms with Crippen molar-refractivity contribution < 1.29 is 0 Å². The zero-order valence-electron chi connectivity index (χ0n) is 8.51. The molecule has 1 heterocycles. The van der Waals surface area contributed by atoms with Gasteiger partial charge in [0.2, 0.25) is 0 Å². The molecule has 4 heteroatoms. The van der Waals surface area contributed by atoms with Gasteiger partial charge in [0.25, 0.3) is 0 Å². The third-order valence-electron chi connectivity index (χ3n) is 2.85. The predicted molar refractivity (Wildman–Crippen MR) is 70.8 cm³/mol. The summed E-state index contributed by atoms with van der Waals surface area (Å²) >= 11 is 11.4. The van der Waals surface area contributed by atoms with Crippen molar-refractivity contribution in [2.75, 3.05) is 0 Å². The summed E-state index contributed by atoms with van der Waals surface area (Å²) in [4.78, 5) is 1.40. The van der Waals surface area contributed by atoms with E-state index < -0.39 is 0 Å². The Balaban J connectivity index is 1.74. The van der Waals surface area contributed by atoms with E-state index in [2.05, 4.69) is 33.4 Å². The normalized spacial score (nSPS) is 26.8. The quantitative estimate of drug-likeness (QED) is 0.827. The topological polar surface area (TPSA) is 12.0 Å². The van der Waals surface area contributed by atoms with Crippen molar-refractivity contribution in [1.82, 2.24) is 5.32 Å². The minimum atomic E-state index is 0.416. The lowest BCUT2D eigenvalue weighted by Gasteiger charge is -2.25. The summed E-state index contributed by atoms with van der Waals surface area (Å²) in [6, 6.07) is 4.95. The Hall–Kier alpha value is 0.430. The predicted octanol–water partition coefficient (Wildman–Crippen LogP) is 4.15. The second-order valence-electron chi connectivity index (χ2n) is 4.04. The molecule has 84 valence electrons. The monoisotopic (exact) mass is 307 g/mol. The van der Waals surface area contributed by atoms with Crippen LogP contribution >= 0.6 is 38.9 Å². The van der Waals surface area contributed by atoms with Gasteiger partial charge in [-0.05, 0) is 53.7 Å². The maximum atomic E-state index is 6.07. The van der Waals surface area contributed by atoms with Gasteiger partial charge < -0.3 is 5.32 Å². The molecule has 1 saturated carbocycles. The Labute approximate surface area is 108 Å². The molecular formula is C11H15BrClNS. The van der Waals surface area contributed by atoms with Gasteiger partial charge >= 0.3 is 0 Å². The highest BCUT2D eigenvalue weighted by Gasteiger charge is 2.18. The van der Waals surface area contributed by atoms with E-state index in [1.165, 1.54) is 21.5 Å². The molecule has 1 N–H and O–H groups in total. The molecule has 1 aliphatic rings. The van der Waals surface area contributed by atoms with E-state index in [9.17, 15) is 0 Å². The summed E-state index contributed by atoms with van der Waals surface area (Å²) in [5.74, 6) is 0. The van der Waals surface area contributed by atoms with E-state index in [0.29, 0.717) is 11.4 Å². The first-order valence-electron chi connectivity index (χ1n) is 5.35. The molecule has 0 unspecified atom stereocenters. The first kappa shape index (κ1) is 11.9. The maximum absolute atomic E-state index is 6.07. The zero-order valence-corrected chi connectivity index (χ0v) is 11.7. The smallest absolute Gasteiger partial charge is 0.0701 e. The van der Waals surface area contributed by atoms with E-state index in [1.54, 1.807) is 11.3 Å². The minimum Gasteiger partial charge on any atom is -0.309 e. The van der Waals surface area contributed by atoms with Crippen LogP contribution in [0.5, 0.6) is 0 Å². The third kappa shape index (κ3) is 3.74. The molecule has 1 aromatic rings. The van der Waals surface area contributed by atoms with Gasteiger partial charge in [-0.2, -0.15) is 0 Å². The van der Waals surface area contributed by atoms with Crippen LogP contribution in [0.3, 0.4) is 0 Å². The van der Waals surface area contributed by atoms with E-state index in [4.69, 9.17) is 11.6 Å². The Morgan fingerprint density at radius 2 is 2.07 bits per heavy atom. The summed E-state index contributed by atoms with van der Waals surface area (Å²) < 4.78 is 1.21. The number of rotatable bonds is 3. The number of hydrogen-bond acceptors (Lipinski definition) is 2. The standard InChI is InChI=1S/C11H15BrClNS/c12-11-6-5-10(15-11)7-14-9-3-1-8(13)2-4-9/h5-6,8-9,14H,1-4,7H2. The average molecular weight is 309 g/mol. The average Bonchev–Trinajstić information content (AvgIpc) is 2.64. The molecule has 0 radical (unpaired) electrons. The molecule has 0 atom stereocenters. The van der Waals surface area contributed by atoms with Gasteiger partial charge in [0, 0.05) is 22.8 Å². The molecule has 0 aromatic carbocycles. The number of nitrogens with one attached hydrogen (secondary N) is 1. The molecule has 0 amide bonds. The highest BCUT2D eigenvalue weighted by molar-refractivity contribution is 9.11. The fraction of sp³-hybridized carbons (Fsp3) is 0.636. The fourth-order valence-corrected chi connectivity index (χ4v) is 3.63. The molecule has 1 nitrogen and oxygen atoms in total. The van der Waals surface area contributed by atoms with Gasteiger partial charge in [-0.15, -0.1) is 22.9 Å². The molecule has 0 saturated heterocycles. The van der Waals surface area contributed by atoms with Gasteiger partial charge in [0.1, 0.15) is 0 Å². The van der Waals surface area contributed by atoms with Crippen molar-refractivity contribution in [2.45, 2.75) is 43.6 Å². The van der Waals surface area contributed by atoms with Crippen LogP contribution in [-0.4, -0.2) is 11.4 Å². The van der Waals surface area contributed by atoms with Gasteiger partial charge in [0.15, 0.2) is 0 Å². The zero-order chi connectivity index (χ0) is 10.7. The molecule has 1 fully saturated rings. The second-order valence-corrected chi connectivity index (χ2v) is 7.20. The Kier molecular flexibility index (Phi) is 4.50. The molecule has 1 aromatic heterocycles. The number of halogens is 2. The van der Waals surface area contributed by atoms with Gasteiger partial charge in [0.05, 0.1) is 3.79 Å². The van der Waals surface area contributed by atoms with E-state index in [1.807, 2.05) is 0 Å². The lowest BCUT2D eigenvalue weighted by atomic mass is 9.95. The molecule has 0 bridgehead atoms. The van der Waals surface area contributed by atoms with Crippen molar-refractivity contribution in [3.05, 3.63) is 20.8 Å². The SMILES string of the molecule is ClC1CCC(NCc2ccc(Br)s2)CC1. The summed E-state index contributed by atoms with van der Waals surface area (Å²) in [5.41, 5.74) is 0. The van der Waals surface area contributed by atoms with Crippen molar-refractivity contribution in [1.29, 1.82) is 0 Å². The van der Waals surface area contributed by atoms with Crippen LogP contribution in [0.25, 0.3) is 0 Å². The minimum absolute atomic E-state index is 0.416. The number of hydrogen-bond donors (Lipinski definition) is 1. The van der Waals surface area contributed by atoms with Gasteiger partial charge in [-0.3, -0.25) is 0 Å². The second kappa shape index (κ2) is 5.67. The highest BCUT2D eigenvalue weighted by Crippen LogP contribution is 2.25. The number of alkyl halides is 1. The van der Waals surface area contributed by atoms with E-state index in [0.717, 1.165) is 19.4 Å². The molecule has 2 rings (SSSR count). The summed E-state index contributed by atoms with van der Waals surface area (Å²) in [5, 5.41) is 4.02. The fourth-order valence-electron chi connectivity index (χ4n) is 1.95. The first-order chi connectivity index (χ1) is 7.24. The van der Waals surface area contributed by atoms with E-state index in [-0.39, 0.29) is 0 Å². The molecular weight excluding hydrogens is 294 g/mol. The van der Waals surface area contributed by atoms with Crippen LogP contribution in [0.2, 0.25) is 0 Å². The van der Waals surface area contributed by atoms with Crippen LogP contribution in [-0.2, 0) is 6.54 Å². The molecule has 15 heavy (non-hydrogen) atoms. The molecule has 0 spiro atoms. The highest BCUT2D eigenvalue weighted by atomic mass is 79.9. The van der Waals surface area contributed by atoms with Crippen LogP contribution in [0.1, 0.15) is 30.6 Å².